The van der Waals surface area contributed by atoms with E-state index in [0.717, 1.165) is 11.3 Å². The van der Waals surface area contributed by atoms with Crippen LogP contribution in [0.15, 0.2) is 23.2 Å². The fourth-order valence-electron chi connectivity index (χ4n) is 3.15. The molecule has 3 amide bonds. The number of β-lactam (4-membered cyclic amide) rings is 1. The molecule has 1 fully saturated rings. The average Bonchev–Trinajstić information content (AvgIpc) is 3.47. The van der Waals surface area contributed by atoms with Crippen molar-refractivity contribution in [2.75, 3.05) is 5.32 Å². The monoisotopic (exact) mass is 578 g/mol. The number of anilines is 1. The summed E-state index contributed by atoms with van der Waals surface area (Å²) in [7, 11) is 0. The first-order valence-corrected chi connectivity index (χ1v) is 13.2. The SMILES string of the molecule is CC(C)(C)OC(=O)Nc1nc(C(=NOC(C)(C)C(=O)OC(C)(C)C)C(=O)N[C@@H]2C(=O)N[C@@H]2Cn2cnnc2)cs1. The quantitative estimate of drug-likeness (QED) is 0.171. The highest BCUT2D eigenvalue weighted by Crippen LogP contribution is 2.21. The van der Waals surface area contributed by atoms with Crippen LogP contribution in [-0.4, -0.2) is 78.2 Å². The summed E-state index contributed by atoms with van der Waals surface area (Å²) < 4.78 is 12.3. The van der Waals surface area contributed by atoms with Crippen LogP contribution in [0.25, 0.3) is 0 Å². The maximum atomic E-state index is 13.4. The molecule has 0 unspecified atom stereocenters. The Balaban J connectivity index is 1.83. The second kappa shape index (κ2) is 11.6. The Morgan fingerprint density at radius 3 is 2.25 bits per heavy atom. The zero-order valence-corrected chi connectivity index (χ0v) is 24.4. The predicted octanol–water partition coefficient (Wildman–Crippen LogP) is 1.61. The van der Waals surface area contributed by atoms with E-state index in [1.807, 2.05) is 0 Å². The molecular formula is C24H34N8O7S. The molecule has 0 saturated carbocycles. The van der Waals surface area contributed by atoms with Crippen LogP contribution >= 0.6 is 11.3 Å². The van der Waals surface area contributed by atoms with Crippen molar-refractivity contribution in [1.82, 2.24) is 30.4 Å². The predicted molar refractivity (Wildman–Crippen MR) is 143 cm³/mol. The Bertz CT molecular complexity index is 1270. The number of nitrogens with one attached hydrogen (secondary N) is 3. The van der Waals surface area contributed by atoms with Crippen LogP contribution in [0.3, 0.4) is 0 Å². The zero-order valence-electron chi connectivity index (χ0n) is 23.6. The van der Waals surface area contributed by atoms with E-state index in [1.165, 1.54) is 31.9 Å². The van der Waals surface area contributed by atoms with Gasteiger partial charge in [0.2, 0.25) is 11.5 Å². The summed E-state index contributed by atoms with van der Waals surface area (Å²) in [6, 6.07) is -1.33. The van der Waals surface area contributed by atoms with Crippen molar-refractivity contribution in [2.24, 2.45) is 5.16 Å². The summed E-state index contributed by atoms with van der Waals surface area (Å²) in [5.41, 5.74) is -3.38. The molecule has 2 aromatic rings. The van der Waals surface area contributed by atoms with E-state index in [2.05, 4.69) is 36.3 Å². The first-order valence-electron chi connectivity index (χ1n) is 12.3. The van der Waals surface area contributed by atoms with Gasteiger partial charge in [0.25, 0.3) is 5.91 Å². The molecule has 0 radical (unpaired) electrons. The van der Waals surface area contributed by atoms with Crippen molar-refractivity contribution >= 4 is 46.1 Å². The van der Waals surface area contributed by atoms with Crippen LogP contribution in [0.5, 0.6) is 0 Å². The van der Waals surface area contributed by atoms with E-state index < -0.39 is 52.8 Å². The van der Waals surface area contributed by atoms with Gasteiger partial charge in [0.15, 0.2) is 10.8 Å². The van der Waals surface area contributed by atoms with Crippen molar-refractivity contribution < 1.29 is 33.5 Å². The molecule has 3 rings (SSSR count). The highest BCUT2D eigenvalue weighted by molar-refractivity contribution is 7.14. The summed E-state index contributed by atoms with van der Waals surface area (Å²) in [5, 5.41) is 20.8. The molecule has 2 aromatic heterocycles. The Morgan fingerprint density at radius 2 is 1.68 bits per heavy atom. The number of carbonyl (C=O) groups is 4. The lowest BCUT2D eigenvalue weighted by molar-refractivity contribution is -0.179. The van der Waals surface area contributed by atoms with Crippen molar-refractivity contribution in [3.63, 3.8) is 0 Å². The van der Waals surface area contributed by atoms with Crippen molar-refractivity contribution in [1.29, 1.82) is 0 Å². The van der Waals surface area contributed by atoms with Gasteiger partial charge in [-0.2, -0.15) is 0 Å². The molecule has 1 aliphatic heterocycles. The minimum atomic E-state index is -1.57. The molecule has 0 aromatic carbocycles. The van der Waals surface area contributed by atoms with E-state index >= 15 is 0 Å². The maximum Gasteiger partial charge on any atom is 0.413 e. The van der Waals surface area contributed by atoms with Crippen molar-refractivity contribution in [3.05, 3.63) is 23.7 Å². The number of oxime groups is 1. The third kappa shape index (κ3) is 8.46. The van der Waals surface area contributed by atoms with Crippen LogP contribution in [0.4, 0.5) is 9.93 Å². The Kier molecular flexibility index (Phi) is 8.81. The number of hydrogen-bond donors (Lipinski definition) is 3. The van der Waals surface area contributed by atoms with Gasteiger partial charge in [-0.3, -0.25) is 14.9 Å². The second-order valence-electron chi connectivity index (χ2n) is 11.4. The topological polar surface area (TPSA) is 188 Å². The molecule has 1 aliphatic rings. The molecule has 0 aliphatic carbocycles. The van der Waals surface area contributed by atoms with Gasteiger partial charge in [0.1, 0.15) is 35.6 Å². The maximum absolute atomic E-state index is 13.4. The smallest absolute Gasteiger partial charge is 0.413 e. The fraction of sp³-hybridized carbons (Fsp3) is 0.583. The molecular weight excluding hydrogens is 544 g/mol. The molecule has 0 bridgehead atoms. The summed E-state index contributed by atoms with van der Waals surface area (Å²) in [6.07, 6.45) is 2.23. The lowest BCUT2D eigenvalue weighted by atomic mass is 9.98. The van der Waals surface area contributed by atoms with Crippen LogP contribution in [0, 0.1) is 0 Å². The van der Waals surface area contributed by atoms with Crippen molar-refractivity contribution in [3.8, 4) is 0 Å². The lowest BCUT2D eigenvalue weighted by Crippen LogP contribution is -2.70. The zero-order chi connectivity index (χ0) is 29.9. The van der Waals surface area contributed by atoms with Gasteiger partial charge in [-0.25, -0.2) is 14.6 Å². The average molecular weight is 579 g/mol. The summed E-state index contributed by atoms with van der Waals surface area (Å²) in [5.74, 6) is -1.89. The number of rotatable bonds is 9. The lowest BCUT2D eigenvalue weighted by Gasteiger charge is -2.37. The van der Waals surface area contributed by atoms with Crippen LogP contribution in [0.2, 0.25) is 0 Å². The summed E-state index contributed by atoms with van der Waals surface area (Å²) >= 11 is 1.01. The minimum absolute atomic E-state index is 0.0311. The van der Waals surface area contributed by atoms with Gasteiger partial charge in [-0.15, -0.1) is 21.5 Å². The summed E-state index contributed by atoms with van der Waals surface area (Å²) in [6.45, 7) is 13.5. The highest BCUT2D eigenvalue weighted by atomic mass is 32.1. The van der Waals surface area contributed by atoms with Crippen LogP contribution < -0.4 is 16.0 Å². The highest BCUT2D eigenvalue weighted by Gasteiger charge is 2.42. The largest absolute Gasteiger partial charge is 0.457 e. The number of thiazole rings is 1. The molecule has 40 heavy (non-hydrogen) atoms. The van der Waals surface area contributed by atoms with Gasteiger partial charge >= 0.3 is 12.1 Å². The molecule has 3 heterocycles. The number of aromatic nitrogens is 4. The van der Waals surface area contributed by atoms with E-state index in [1.54, 1.807) is 46.1 Å². The normalized spacial score (nSPS) is 17.8. The fourth-order valence-corrected chi connectivity index (χ4v) is 3.83. The van der Waals surface area contributed by atoms with Gasteiger partial charge in [-0.05, 0) is 55.4 Å². The van der Waals surface area contributed by atoms with Gasteiger partial charge in [0.05, 0.1) is 6.04 Å². The Hall–Kier alpha value is -4.08. The van der Waals surface area contributed by atoms with Gasteiger partial charge < -0.3 is 29.5 Å². The first kappa shape index (κ1) is 30.5. The molecule has 16 heteroatoms. The number of nitrogens with zero attached hydrogens (tertiary/aromatic N) is 5. The third-order valence-electron chi connectivity index (χ3n) is 5.00. The molecule has 218 valence electrons. The van der Waals surface area contributed by atoms with E-state index in [4.69, 9.17) is 14.3 Å². The number of hydrogen-bond acceptors (Lipinski definition) is 12. The van der Waals surface area contributed by atoms with Gasteiger partial charge in [-0.1, -0.05) is 5.16 Å². The number of carbonyl (C=O) groups excluding carboxylic acids is 4. The Labute approximate surface area is 235 Å². The standard InChI is InChI=1S/C24H34N8O7S/c1-22(2,3)37-19(35)24(7,8)39-31-16(14-10-40-20(28-14)30-21(36)38-23(4,5)6)18(34)29-15-13(27-17(15)33)9-32-11-25-26-12-32/h10-13,15H,9H2,1-8H3,(H,27,33)(H,29,34)(H,28,30,36)/t13-,15+/m1/s1. The molecule has 0 spiro atoms. The van der Waals surface area contributed by atoms with Crippen molar-refractivity contribution in [2.45, 2.75) is 90.8 Å². The van der Waals surface area contributed by atoms with E-state index in [9.17, 15) is 19.2 Å². The van der Waals surface area contributed by atoms with Crippen LogP contribution in [0.1, 0.15) is 61.1 Å². The molecule has 2 atom stereocenters. The van der Waals surface area contributed by atoms with Crippen LogP contribution in [-0.2, 0) is 35.2 Å². The van der Waals surface area contributed by atoms with Gasteiger partial charge in [0, 0.05) is 11.9 Å². The summed E-state index contributed by atoms with van der Waals surface area (Å²) in [4.78, 5) is 60.2. The van der Waals surface area contributed by atoms with E-state index in [-0.39, 0.29) is 16.5 Å². The number of amides is 3. The molecule has 15 nitrogen and oxygen atoms in total. The second-order valence-corrected chi connectivity index (χ2v) is 12.3. The van der Waals surface area contributed by atoms with E-state index in [0.29, 0.717) is 6.54 Å². The number of esters is 1. The molecule has 1 saturated heterocycles. The third-order valence-corrected chi connectivity index (χ3v) is 5.76. The minimum Gasteiger partial charge on any atom is -0.457 e. The number of ether oxygens (including phenoxy) is 2. The Morgan fingerprint density at radius 1 is 1.05 bits per heavy atom. The first-order chi connectivity index (χ1) is 18.4. The molecule has 3 N–H and O–H groups in total.